The second kappa shape index (κ2) is 7.34. The average molecular weight is 435 g/mol. The lowest BCUT2D eigenvalue weighted by Crippen LogP contribution is -2.14. The summed E-state index contributed by atoms with van der Waals surface area (Å²) in [5.74, 6) is 0.454. The van der Waals surface area contributed by atoms with Crippen LogP contribution in [0, 0.1) is 10.5 Å². The molecule has 0 amide bonds. The highest BCUT2D eigenvalue weighted by atomic mass is 127. The Morgan fingerprint density at radius 2 is 2.00 bits per heavy atom. The van der Waals surface area contributed by atoms with Gasteiger partial charge in [-0.3, -0.25) is 0 Å². The lowest BCUT2D eigenvalue weighted by atomic mass is 9.88. The molecule has 0 bridgehead atoms. The number of hydrogen-bond acceptors (Lipinski definition) is 4. The van der Waals surface area contributed by atoms with E-state index < -0.39 is 5.97 Å². The molecular formula is C19H18INO3. The lowest BCUT2D eigenvalue weighted by Gasteiger charge is -2.19. The van der Waals surface area contributed by atoms with E-state index in [-0.39, 0.29) is 0 Å². The van der Waals surface area contributed by atoms with Crippen LogP contribution in [0.5, 0.6) is 5.75 Å². The zero-order valence-electron chi connectivity index (χ0n) is 13.6. The minimum Gasteiger partial charge on any atom is -0.496 e. The lowest BCUT2D eigenvalue weighted by molar-refractivity contribution is 0.0514. The summed E-state index contributed by atoms with van der Waals surface area (Å²) in [6, 6.07) is 11.4. The van der Waals surface area contributed by atoms with Crippen LogP contribution in [0.25, 0.3) is 0 Å². The topological polar surface area (TPSA) is 47.9 Å². The number of benzene rings is 2. The van der Waals surface area contributed by atoms with Crippen molar-refractivity contribution in [2.24, 2.45) is 5.16 Å². The highest BCUT2D eigenvalue weighted by Crippen LogP contribution is 2.29. The van der Waals surface area contributed by atoms with Crippen LogP contribution in [0.2, 0.25) is 0 Å². The predicted octanol–water partition coefficient (Wildman–Crippen LogP) is 4.51. The minimum atomic E-state index is -0.426. The van der Waals surface area contributed by atoms with Crippen LogP contribution >= 0.6 is 22.6 Å². The Labute approximate surface area is 155 Å². The number of fused-ring (bicyclic) bond motifs is 1. The maximum absolute atomic E-state index is 12.2. The Balaban J connectivity index is 1.87. The summed E-state index contributed by atoms with van der Waals surface area (Å²) in [4.78, 5) is 17.4. The summed E-state index contributed by atoms with van der Waals surface area (Å²) in [7, 11) is 1.68. The molecule has 2 aromatic carbocycles. The molecule has 0 fully saturated rings. The Bertz CT molecular complexity index is 814. The molecule has 0 atom stereocenters. The van der Waals surface area contributed by atoms with Crippen molar-refractivity contribution < 1.29 is 14.4 Å². The maximum Gasteiger partial charge on any atom is 0.366 e. The first-order valence-electron chi connectivity index (χ1n) is 7.80. The molecule has 3 rings (SSSR count). The van der Waals surface area contributed by atoms with Gasteiger partial charge in [0, 0.05) is 9.13 Å². The summed E-state index contributed by atoms with van der Waals surface area (Å²) in [6.45, 7) is 2.00. The summed E-state index contributed by atoms with van der Waals surface area (Å²) in [5, 5.41) is 4.16. The van der Waals surface area contributed by atoms with Crippen molar-refractivity contribution in [2.45, 2.75) is 26.2 Å². The van der Waals surface area contributed by atoms with Crippen molar-refractivity contribution in [3.8, 4) is 5.75 Å². The number of aryl methyl sites for hydroxylation is 2. The molecule has 24 heavy (non-hydrogen) atoms. The molecule has 0 aromatic heterocycles. The monoisotopic (exact) mass is 435 g/mol. The number of halogens is 1. The smallest absolute Gasteiger partial charge is 0.366 e. The molecule has 0 heterocycles. The second-order valence-corrected chi connectivity index (χ2v) is 6.89. The van der Waals surface area contributed by atoms with Crippen molar-refractivity contribution in [3.63, 3.8) is 0 Å². The summed E-state index contributed by atoms with van der Waals surface area (Å²) in [5.41, 5.74) is 4.64. The van der Waals surface area contributed by atoms with Crippen molar-refractivity contribution >= 4 is 34.3 Å². The van der Waals surface area contributed by atoms with Crippen molar-refractivity contribution in [1.29, 1.82) is 0 Å². The van der Waals surface area contributed by atoms with Gasteiger partial charge >= 0.3 is 5.97 Å². The molecule has 0 saturated heterocycles. The van der Waals surface area contributed by atoms with Gasteiger partial charge in [-0.2, -0.15) is 0 Å². The number of oxime groups is 1. The average Bonchev–Trinajstić information content (AvgIpc) is 2.59. The fourth-order valence-electron chi connectivity index (χ4n) is 2.87. The van der Waals surface area contributed by atoms with E-state index in [1.54, 1.807) is 13.2 Å². The molecule has 0 unspecified atom stereocenters. The van der Waals surface area contributed by atoms with E-state index in [9.17, 15) is 4.79 Å². The first-order chi connectivity index (χ1) is 11.6. The van der Waals surface area contributed by atoms with E-state index in [1.165, 1.54) is 5.56 Å². The van der Waals surface area contributed by atoms with Crippen molar-refractivity contribution in [2.75, 3.05) is 7.11 Å². The number of ether oxygens (including phenoxy) is 1. The first kappa shape index (κ1) is 17.0. The predicted molar refractivity (Wildman–Crippen MR) is 102 cm³/mol. The van der Waals surface area contributed by atoms with Gasteiger partial charge in [0.2, 0.25) is 0 Å². The van der Waals surface area contributed by atoms with Gasteiger partial charge in [-0.25, -0.2) is 4.79 Å². The molecular weight excluding hydrogens is 417 g/mol. The van der Waals surface area contributed by atoms with Gasteiger partial charge < -0.3 is 9.57 Å². The van der Waals surface area contributed by atoms with Crippen LogP contribution in [0.15, 0.2) is 41.6 Å². The standard InChI is InChI=1S/C19H18INO3/c1-12-10-15-13(11-18(12)23-2)6-5-9-17(15)21-24-19(22)14-7-3-4-8-16(14)20/h3-4,7-8,10-11H,5-6,9H2,1-2H3/b21-17-. The zero-order chi connectivity index (χ0) is 17.1. The van der Waals surface area contributed by atoms with Gasteiger partial charge in [-0.05, 0) is 84.2 Å². The van der Waals surface area contributed by atoms with Crippen molar-refractivity contribution in [3.05, 3.63) is 62.2 Å². The van der Waals surface area contributed by atoms with Crippen molar-refractivity contribution in [1.82, 2.24) is 0 Å². The molecule has 0 spiro atoms. The number of carbonyl (C=O) groups is 1. The van der Waals surface area contributed by atoms with Crippen LogP contribution in [-0.2, 0) is 11.3 Å². The summed E-state index contributed by atoms with van der Waals surface area (Å²) < 4.78 is 6.24. The third-order valence-electron chi connectivity index (χ3n) is 4.12. The number of hydrogen-bond donors (Lipinski definition) is 0. The molecule has 4 nitrogen and oxygen atoms in total. The Hall–Kier alpha value is -1.89. The summed E-state index contributed by atoms with van der Waals surface area (Å²) >= 11 is 2.12. The number of carbonyl (C=O) groups excluding carboxylic acids is 1. The van der Waals surface area contributed by atoms with E-state index in [4.69, 9.17) is 9.57 Å². The van der Waals surface area contributed by atoms with Crippen LogP contribution in [0.1, 0.15) is 39.9 Å². The fourth-order valence-corrected chi connectivity index (χ4v) is 3.48. The van der Waals surface area contributed by atoms with E-state index in [1.807, 2.05) is 25.1 Å². The SMILES string of the molecule is COc1cc2c(cc1C)/C(=N\OC(=O)c1ccccc1I)CCC2. The largest absolute Gasteiger partial charge is 0.496 e. The van der Waals surface area contributed by atoms with Gasteiger partial charge in [-0.15, -0.1) is 0 Å². The quantitative estimate of drug-likeness (QED) is 0.405. The van der Waals surface area contributed by atoms with Gasteiger partial charge in [0.1, 0.15) is 5.75 Å². The third-order valence-corrected chi connectivity index (χ3v) is 5.06. The number of rotatable bonds is 3. The Kier molecular flexibility index (Phi) is 5.18. The molecule has 1 aliphatic carbocycles. The highest BCUT2D eigenvalue weighted by Gasteiger charge is 2.19. The molecule has 2 aromatic rings. The van der Waals surface area contributed by atoms with Gasteiger partial charge in [-0.1, -0.05) is 17.3 Å². The zero-order valence-corrected chi connectivity index (χ0v) is 15.8. The number of methoxy groups -OCH3 is 1. The van der Waals surface area contributed by atoms with Crippen LogP contribution < -0.4 is 4.74 Å². The number of nitrogens with zero attached hydrogens (tertiary/aromatic N) is 1. The maximum atomic E-state index is 12.2. The highest BCUT2D eigenvalue weighted by molar-refractivity contribution is 14.1. The van der Waals surface area contributed by atoms with Crippen LogP contribution in [-0.4, -0.2) is 18.8 Å². The normalized spacial score (nSPS) is 15.0. The van der Waals surface area contributed by atoms with Gasteiger partial charge in [0.25, 0.3) is 0 Å². The first-order valence-corrected chi connectivity index (χ1v) is 8.88. The molecule has 124 valence electrons. The van der Waals surface area contributed by atoms with E-state index in [2.05, 4.69) is 39.9 Å². The summed E-state index contributed by atoms with van der Waals surface area (Å²) in [6.07, 6.45) is 2.77. The van der Waals surface area contributed by atoms with E-state index in [0.717, 1.165) is 45.4 Å². The third kappa shape index (κ3) is 3.45. The minimum absolute atomic E-state index is 0.426. The van der Waals surface area contributed by atoms with E-state index >= 15 is 0 Å². The van der Waals surface area contributed by atoms with Crippen LogP contribution in [0.4, 0.5) is 0 Å². The fraction of sp³-hybridized carbons (Fsp3) is 0.263. The molecule has 5 heteroatoms. The molecule has 1 aliphatic rings. The van der Waals surface area contributed by atoms with E-state index in [0.29, 0.717) is 5.56 Å². The Morgan fingerprint density at radius 3 is 2.75 bits per heavy atom. The molecule has 0 aliphatic heterocycles. The van der Waals surface area contributed by atoms with Crippen LogP contribution in [0.3, 0.4) is 0 Å². The molecule has 0 saturated carbocycles. The molecule has 0 N–H and O–H groups in total. The molecule has 0 radical (unpaired) electrons. The van der Waals surface area contributed by atoms with Gasteiger partial charge in [0.05, 0.1) is 18.4 Å². The second-order valence-electron chi connectivity index (χ2n) is 5.73. The Morgan fingerprint density at radius 1 is 1.21 bits per heavy atom. The van der Waals surface area contributed by atoms with Gasteiger partial charge in [0.15, 0.2) is 0 Å².